The lowest BCUT2D eigenvalue weighted by Crippen LogP contribution is -2.30. The zero-order valence-electron chi connectivity index (χ0n) is 15.4. The van der Waals surface area contributed by atoms with Crippen molar-refractivity contribution in [3.8, 4) is 5.75 Å². The Morgan fingerprint density at radius 1 is 1.24 bits per heavy atom. The van der Waals surface area contributed by atoms with E-state index in [1.54, 1.807) is 18.3 Å². The molecule has 1 aromatic heterocycles. The van der Waals surface area contributed by atoms with Crippen molar-refractivity contribution in [1.82, 2.24) is 4.98 Å². The van der Waals surface area contributed by atoms with Crippen LogP contribution in [0.15, 0.2) is 18.2 Å². The van der Waals surface area contributed by atoms with E-state index in [4.69, 9.17) is 4.74 Å². The standard InChI is InChI=1S/C20H26N2O2S/c1-12(2)15-10-9-13(3)11-17(15)24-14(4)19(23)22-20-21-16-7-5-6-8-18(16)25-20/h9-12,14H,5-8H2,1-4H3,(H,21,22,23)/t14-/m1/s1. The topological polar surface area (TPSA) is 51.2 Å². The molecule has 0 fully saturated rings. The molecule has 0 saturated carbocycles. The predicted octanol–water partition coefficient (Wildman–Crippen LogP) is 4.86. The first-order valence-corrected chi connectivity index (χ1v) is 9.82. The van der Waals surface area contributed by atoms with Gasteiger partial charge < -0.3 is 4.74 Å². The average molecular weight is 359 g/mol. The van der Waals surface area contributed by atoms with E-state index in [0.717, 1.165) is 35.4 Å². The summed E-state index contributed by atoms with van der Waals surface area (Å²) in [5.74, 6) is 0.981. The monoisotopic (exact) mass is 358 g/mol. The second kappa shape index (κ2) is 7.56. The maximum Gasteiger partial charge on any atom is 0.266 e. The summed E-state index contributed by atoms with van der Waals surface area (Å²) >= 11 is 1.60. The minimum absolute atomic E-state index is 0.151. The van der Waals surface area contributed by atoms with Gasteiger partial charge in [-0.1, -0.05) is 26.0 Å². The largest absolute Gasteiger partial charge is 0.481 e. The van der Waals surface area contributed by atoms with Crippen LogP contribution in [0, 0.1) is 6.92 Å². The number of aromatic nitrogens is 1. The van der Waals surface area contributed by atoms with Gasteiger partial charge >= 0.3 is 0 Å². The van der Waals surface area contributed by atoms with Gasteiger partial charge in [-0.3, -0.25) is 10.1 Å². The van der Waals surface area contributed by atoms with Gasteiger partial charge in [0, 0.05) is 4.88 Å². The number of benzene rings is 1. The van der Waals surface area contributed by atoms with Crippen LogP contribution in [-0.4, -0.2) is 17.0 Å². The van der Waals surface area contributed by atoms with Gasteiger partial charge in [0.1, 0.15) is 5.75 Å². The Labute approximate surface area is 153 Å². The van der Waals surface area contributed by atoms with Crippen molar-refractivity contribution in [3.63, 3.8) is 0 Å². The van der Waals surface area contributed by atoms with Crippen molar-refractivity contribution in [2.24, 2.45) is 0 Å². The number of anilines is 1. The van der Waals surface area contributed by atoms with Gasteiger partial charge in [0.2, 0.25) is 0 Å². The number of nitrogens with one attached hydrogen (secondary N) is 1. The van der Waals surface area contributed by atoms with E-state index in [2.05, 4.69) is 36.3 Å². The van der Waals surface area contributed by atoms with Crippen LogP contribution in [0.3, 0.4) is 0 Å². The molecule has 0 unspecified atom stereocenters. The molecular formula is C20H26N2O2S. The fourth-order valence-corrected chi connectivity index (χ4v) is 4.13. The molecule has 0 radical (unpaired) electrons. The lowest BCUT2D eigenvalue weighted by Gasteiger charge is -2.19. The first kappa shape index (κ1) is 17.9. The van der Waals surface area contributed by atoms with Crippen LogP contribution in [0.4, 0.5) is 5.13 Å². The highest BCUT2D eigenvalue weighted by Crippen LogP contribution is 2.31. The van der Waals surface area contributed by atoms with Crippen LogP contribution in [0.2, 0.25) is 0 Å². The number of hydrogen-bond acceptors (Lipinski definition) is 4. The Morgan fingerprint density at radius 3 is 2.72 bits per heavy atom. The molecule has 134 valence electrons. The minimum Gasteiger partial charge on any atom is -0.481 e. The van der Waals surface area contributed by atoms with Gasteiger partial charge in [-0.05, 0) is 62.6 Å². The van der Waals surface area contributed by atoms with Crippen molar-refractivity contribution in [3.05, 3.63) is 39.9 Å². The van der Waals surface area contributed by atoms with Gasteiger partial charge in [-0.2, -0.15) is 0 Å². The van der Waals surface area contributed by atoms with E-state index in [-0.39, 0.29) is 5.91 Å². The summed E-state index contributed by atoms with van der Waals surface area (Å²) in [7, 11) is 0. The summed E-state index contributed by atoms with van der Waals surface area (Å²) in [6, 6.07) is 6.16. The Balaban J connectivity index is 1.69. The Hall–Kier alpha value is -1.88. The Bertz CT molecular complexity index is 744. The molecule has 4 nitrogen and oxygen atoms in total. The summed E-state index contributed by atoms with van der Waals surface area (Å²) in [5.41, 5.74) is 3.40. The normalized spacial score (nSPS) is 14.9. The highest BCUT2D eigenvalue weighted by atomic mass is 32.1. The maximum absolute atomic E-state index is 12.5. The second-order valence-corrected chi connectivity index (χ2v) is 8.12. The quantitative estimate of drug-likeness (QED) is 0.830. The van der Waals surface area contributed by atoms with E-state index in [0.29, 0.717) is 11.0 Å². The lowest BCUT2D eigenvalue weighted by atomic mass is 10.0. The summed E-state index contributed by atoms with van der Waals surface area (Å²) in [6.45, 7) is 8.07. The van der Waals surface area contributed by atoms with Crippen molar-refractivity contribution in [2.75, 3.05) is 5.32 Å². The van der Waals surface area contributed by atoms with Gasteiger partial charge in [0.05, 0.1) is 5.69 Å². The number of thiazole rings is 1. The van der Waals surface area contributed by atoms with Gasteiger partial charge in [-0.25, -0.2) is 4.98 Å². The van der Waals surface area contributed by atoms with Crippen LogP contribution >= 0.6 is 11.3 Å². The summed E-state index contributed by atoms with van der Waals surface area (Å²) in [4.78, 5) is 18.4. The number of rotatable bonds is 5. The van der Waals surface area contributed by atoms with E-state index in [1.807, 2.05) is 13.0 Å². The average Bonchev–Trinajstić information content (AvgIpc) is 2.96. The van der Waals surface area contributed by atoms with Crippen LogP contribution in [0.1, 0.15) is 61.2 Å². The number of carbonyl (C=O) groups is 1. The first-order chi connectivity index (χ1) is 11.9. The number of fused-ring (bicyclic) bond motifs is 1. The highest BCUT2D eigenvalue weighted by molar-refractivity contribution is 7.15. The molecule has 0 spiro atoms. The second-order valence-electron chi connectivity index (χ2n) is 7.04. The van der Waals surface area contributed by atoms with Gasteiger partial charge in [0.15, 0.2) is 11.2 Å². The minimum atomic E-state index is -0.569. The number of carbonyl (C=O) groups excluding carboxylic acids is 1. The van der Waals surface area contributed by atoms with E-state index in [9.17, 15) is 4.79 Å². The SMILES string of the molecule is Cc1ccc(C(C)C)c(O[C@H](C)C(=O)Nc2nc3c(s2)CCCC3)c1. The molecule has 1 aliphatic rings. The summed E-state index contributed by atoms with van der Waals surface area (Å²) in [5, 5.41) is 3.62. The third-order valence-corrected chi connectivity index (χ3v) is 5.61. The highest BCUT2D eigenvalue weighted by Gasteiger charge is 2.21. The molecule has 1 aliphatic carbocycles. The molecule has 1 aromatic carbocycles. The molecule has 0 aliphatic heterocycles. The molecule has 3 rings (SSSR count). The van der Waals surface area contributed by atoms with Crippen molar-refractivity contribution in [2.45, 2.75) is 65.4 Å². The van der Waals surface area contributed by atoms with Crippen LogP contribution in [0.25, 0.3) is 0 Å². The van der Waals surface area contributed by atoms with E-state index in [1.165, 1.54) is 17.7 Å². The molecule has 0 bridgehead atoms. The molecular weight excluding hydrogens is 332 g/mol. The van der Waals surface area contributed by atoms with Crippen LogP contribution in [-0.2, 0) is 17.6 Å². The fourth-order valence-electron chi connectivity index (χ4n) is 3.08. The zero-order valence-corrected chi connectivity index (χ0v) is 16.2. The number of nitrogens with zero attached hydrogens (tertiary/aromatic N) is 1. The first-order valence-electron chi connectivity index (χ1n) is 9.00. The van der Waals surface area contributed by atoms with Crippen LogP contribution in [0.5, 0.6) is 5.75 Å². The fraction of sp³-hybridized carbons (Fsp3) is 0.500. The van der Waals surface area contributed by atoms with E-state index < -0.39 is 6.10 Å². The molecule has 1 N–H and O–H groups in total. The van der Waals surface area contributed by atoms with Gasteiger partial charge in [-0.15, -0.1) is 11.3 Å². The third kappa shape index (κ3) is 4.21. The number of hydrogen-bond donors (Lipinski definition) is 1. The predicted molar refractivity (Wildman–Crippen MR) is 103 cm³/mol. The van der Waals surface area contributed by atoms with Crippen molar-refractivity contribution >= 4 is 22.4 Å². The lowest BCUT2D eigenvalue weighted by molar-refractivity contribution is -0.122. The van der Waals surface area contributed by atoms with Crippen molar-refractivity contribution in [1.29, 1.82) is 0 Å². The molecule has 0 saturated heterocycles. The summed E-state index contributed by atoms with van der Waals surface area (Å²) < 4.78 is 5.99. The Kier molecular flexibility index (Phi) is 5.42. The number of aryl methyl sites for hydroxylation is 3. The smallest absolute Gasteiger partial charge is 0.266 e. The maximum atomic E-state index is 12.5. The Morgan fingerprint density at radius 2 is 2.00 bits per heavy atom. The van der Waals surface area contributed by atoms with E-state index >= 15 is 0 Å². The van der Waals surface area contributed by atoms with Gasteiger partial charge in [0.25, 0.3) is 5.91 Å². The molecule has 1 atom stereocenters. The van der Waals surface area contributed by atoms with Crippen molar-refractivity contribution < 1.29 is 9.53 Å². The molecule has 5 heteroatoms. The molecule has 1 heterocycles. The number of ether oxygens (including phenoxy) is 1. The number of amides is 1. The zero-order chi connectivity index (χ0) is 18.0. The molecule has 1 amide bonds. The van der Waals surface area contributed by atoms with Crippen LogP contribution < -0.4 is 10.1 Å². The molecule has 25 heavy (non-hydrogen) atoms. The summed E-state index contributed by atoms with van der Waals surface area (Å²) in [6.07, 6.45) is 3.94. The molecule has 2 aromatic rings. The third-order valence-electron chi connectivity index (χ3n) is 4.54.